The number of azide groups is 1. The molecule has 56 valence electrons. The maximum atomic E-state index is 7.95. The lowest BCUT2D eigenvalue weighted by Crippen LogP contribution is -2.41. The van der Waals surface area contributed by atoms with E-state index in [-0.39, 0.29) is 0 Å². The zero-order chi connectivity index (χ0) is 7.23. The summed E-state index contributed by atoms with van der Waals surface area (Å²) in [6.45, 7) is 2.96. The van der Waals surface area contributed by atoms with E-state index in [1.165, 1.54) is 6.42 Å². The van der Waals surface area contributed by atoms with Gasteiger partial charge in [-0.25, -0.2) is 0 Å². The molecule has 0 spiro atoms. The quantitative estimate of drug-likeness (QED) is 0.272. The maximum Gasteiger partial charge on any atom is 0.0258 e. The van der Waals surface area contributed by atoms with Crippen LogP contribution < -0.4 is 5.32 Å². The number of hydrogen-bond donors (Lipinski definition) is 1. The summed E-state index contributed by atoms with van der Waals surface area (Å²) in [5.41, 5.74) is 7.95. The zero-order valence-corrected chi connectivity index (χ0v) is 5.95. The zero-order valence-electron chi connectivity index (χ0n) is 5.95. The van der Waals surface area contributed by atoms with E-state index in [2.05, 4.69) is 15.3 Å². The molecule has 0 amide bonds. The minimum absolute atomic E-state index is 0.660. The summed E-state index contributed by atoms with van der Waals surface area (Å²) in [5.74, 6) is 0.842. The predicted molar refractivity (Wildman–Crippen MR) is 39.6 cm³/mol. The van der Waals surface area contributed by atoms with Gasteiger partial charge in [0, 0.05) is 11.5 Å². The van der Waals surface area contributed by atoms with E-state index >= 15 is 0 Å². The molecule has 0 aromatic heterocycles. The van der Waals surface area contributed by atoms with Gasteiger partial charge in [-0.2, -0.15) is 0 Å². The van der Waals surface area contributed by atoms with E-state index in [0.29, 0.717) is 6.54 Å². The van der Waals surface area contributed by atoms with Crippen molar-refractivity contribution in [1.29, 1.82) is 0 Å². The molecule has 1 aliphatic rings. The van der Waals surface area contributed by atoms with Crippen LogP contribution >= 0.6 is 0 Å². The van der Waals surface area contributed by atoms with Crippen molar-refractivity contribution < 1.29 is 0 Å². The first-order chi connectivity index (χ1) is 4.93. The molecular weight excluding hydrogens is 128 g/mol. The highest BCUT2D eigenvalue weighted by atomic mass is 15.1. The van der Waals surface area contributed by atoms with Crippen LogP contribution in [0, 0.1) is 5.92 Å². The molecule has 0 saturated carbocycles. The van der Waals surface area contributed by atoms with Gasteiger partial charge in [0.25, 0.3) is 0 Å². The van der Waals surface area contributed by atoms with Crippen molar-refractivity contribution in [2.24, 2.45) is 11.0 Å². The van der Waals surface area contributed by atoms with Crippen LogP contribution in [0.1, 0.15) is 12.8 Å². The average Bonchev–Trinajstić information content (AvgIpc) is 1.84. The molecule has 4 nitrogen and oxygen atoms in total. The van der Waals surface area contributed by atoms with Crippen LogP contribution in [0.5, 0.6) is 0 Å². The van der Waals surface area contributed by atoms with E-state index in [1.807, 2.05) is 0 Å². The predicted octanol–water partition coefficient (Wildman–Crippen LogP) is 1.30. The van der Waals surface area contributed by atoms with Gasteiger partial charge in [-0.1, -0.05) is 5.11 Å². The Balaban J connectivity index is 1.89. The van der Waals surface area contributed by atoms with E-state index in [1.54, 1.807) is 0 Å². The highest BCUT2D eigenvalue weighted by Gasteiger charge is 2.14. The summed E-state index contributed by atoms with van der Waals surface area (Å²) in [6.07, 6.45) is 2.24. The smallest absolute Gasteiger partial charge is 0.0258 e. The second-order valence-electron chi connectivity index (χ2n) is 2.62. The maximum absolute atomic E-state index is 7.95. The highest BCUT2D eigenvalue weighted by molar-refractivity contribution is 4.74. The molecule has 0 bridgehead atoms. The topological polar surface area (TPSA) is 60.8 Å². The Bertz CT molecular complexity index is 135. The SMILES string of the molecule is [N-]=[N+]=NCCCC1CNC1. The van der Waals surface area contributed by atoms with Crippen LogP contribution in [0.25, 0.3) is 10.4 Å². The lowest BCUT2D eigenvalue weighted by Gasteiger charge is -2.26. The van der Waals surface area contributed by atoms with Crippen molar-refractivity contribution in [2.75, 3.05) is 19.6 Å². The van der Waals surface area contributed by atoms with Crippen molar-refractivity contribution in [1.82, 2.24) is 5.32 Å². The molecule has 1 heterocycles. The number of nitrogens with one attached hydrogen (secondary N) is 1. The summed E-state index contributed by atoms with van der Waals surface area (Å²) < 4.78 is 0. The minimum Gasteiger partial charge on any atom is -0.316 e. The van der Waals surface area contributed by atoms with Crippen LogP contribution in [0.3, 0.4) is 0 Å². The summed E-state index contributed by atoms with van der Waals surface area (Å²) >= 11 is 0. The molecule has 0 aliphatic carbocycles. The Kier molecular flexibility index (Phi) is 3.06. The Morgan fingerprint density at radius 2 is 2.40 bits per heavy atom. The third-order valence-corrected chi connectivity index (χ3v) is 1.80. The monoisotopic (exact) mass is 140 g/mol. The van der Waals surface area contributed by atoms with Gasteiger partial charge in [0.15, 0.2) is 0 Å². The van der Waals surface area contributed by atoms with Crippen LogP contribution in [-0.4, -0.2) is 19.6 Å². The van der Waals surface area contributed by atoms with Crippen molar-refractivity contribution in [2.45, 2.75) is 12.8 Å². The Morgan fingerprint density at radius 1 is 1.60 bits per heavy atom. The lowest BCUT2D eigenvalue weighted by molar-refractivity contribution is 0.322. The van der Waals surface area contributed by atoms with E-state index in [9.17, 15) is 0 Å². The molecule has 0 unspecified atom stereocenters. The first kappa shape index (κ1) is 7.38. The molecular formula is C6H12N4. The molecule has 1 fully saturated rings. The Hall–Kier alpha value is -0.730. The second-order valence-corrected chi connectivity index (χ2v) is 2.62. The lowest BCUT2D eigenvalue weighted by atomic mass is 9.98. The van der Waals surface area contributed by atoms with Gasteiger partial charge >= 0.3 is 0 Å². The van der Waals surface area contributed by atoms with Gasteiger partial charge in [0.05, 0.1) is 0 Å². The molecule has 4 heteroatoms. The molecule has 1 N–H and O–H groups in total. The second kappa shape index (κ2) is 4.14. The summed E-state index contributed by atoms with van der Waals surface area (Å²) in [4.78, 5) is 2.69. The van der Waals surface area contributed by atoms with Gasteiger partial charge in [0.1, 0.15) is 0 Å². The Morgan fingerprint density at radius 3 is 2.90 bits per heavy atom. The Labute approximate surface area is 60.2 Å². The first-order valence-electron chi connectivity index (χ1n) is 3.65. The molecule has 1 aliphatic heterocycles. The average molecular weight is 140 g/mol. The fourth-order valence-electron chi connectivity index (χ4n) is 1.05. The number of nitrogens with zero attached hydrogens (tertiary/aromatic N) is 3. The van der Waals surface area contributed by atoms with Gasteiger partial charge in [-0.3, -0.25) is 0 Å². The largest absolute Gasteiger partial charge is 0.316 e. The van der Waals surface area contributed by atoms with Crippen molar-refractivity contribution in [3.05, 3.63) is 10.4 Å². The van der Waals surface area contributed by atoms with Crippen molar-refractivity contribution in [3.63, 3.8) is 0 Å². The van der Waals surface area contributed by atoms with Crippen LogP contribution in [0.4, 0.5) is 0 Å². The minimum atomic E-state index is 0.660. The normalized spacial score (nSPS) is 17.6. The molecule has 1 rings (SSSR count). The van der Waals surface area contributed by atoms with Gasteiger partial charge in [0.2, 0.25) is 0 Å². The fourth-order valence-corrected chi connectivity index (χ4v) is 1.05. The van der Waals surface area contributed by atoms with E-state index < -0.39 is 0 Å². The molecule has 0 radical (unpaired) electrons. The fraction of sp³-hybridized carbons (Fsp3) is 1.00. The standard InChI is InChI=1S/C6H12N4/c7-10-9-3-1-2-6-4-8-5-6/h6,8H,1-5H2. The van der Waals surface area contributed by atoms with Crippen LogP contribution in [0.2, 0.25) is 0 Å². The van der Waals surface area contributed by atoms with Crippen molar-refractivity contribution in [3.8, 4) is 0 Å². The van der Waals surface area contributed by atoms with Gasteiger partial charge in [-0.05, 0) is 37.4 Å². The third-order valence-electron chi connectivity index (χ3n) is 1.80. The molecule has 0 aromatic rings. The first-order valence-corrected chi connectivity index (χ1v) is 3.65. The van der Waals surface area contributed by atoms with E-state index in [0.717, 1.165) is 25.4 Å². The third kappa shape index (κ3) is 2.25. The van der Waals surface area contributed by atoms with Crippen LogP contribution in [-0.2, 0) is 0 Å². The molecule has 0 aromatic carbocycles. The summed E-state index contributed by atoms with van der Waals surface area (Å²) in [6, 6.07) is 0. The molecule has 10 heavy (non-hydrogen) atoms. The summed E-state index contributed by atoms with van der Waals surface area (Å²) in [5, 5.41) is 6.66. The van der Waals surface area contributed by atoms with Gasteiger partial charge < -0.3 is 5.32 Å². The summed E-state index contributed by atoms with van der Waals surface area (Å²) in [7, 11) is 0. The van der Waals surface area contributed by atoms with Gasteiger partial charge in [-0.15, -0.1) is 0 Å². The number of hydrogen-bond acceptors (Lipinski definition) is 2. The van der Waals surface area contributed by atoms with E-state index in [4.69, 9.17) is 5.53 Å². The molecule has 1 saturated heterocycles. The number of rotatable bonds is 4. The molecule has 0 atom stereocenters. The van der Waals surface area contributed by atoms with Crippen LogP contribution in [0.15, 0.2) is 5.11 Å². The highest BCUT2D eigenvalue weighted by Crippen LogP contribution is 2.10. The van der Waals surface area contributed by atoms with Crippen molar-refractivity contribution >= 4 is 0 Å².